The second kappa shape index (κ2) is 2.82. The van der Waals surface area contributed by atoms with Gasteiger partial charge in [0.2, 0.25) is 0 Å². The van der Waals surface area contributed by atoms with Gasteiger partial charge < -0.3 is 14.9 Å². The first kappa shape index (κ1) is 7.91. The van der Waals surface area contributed by atoms with Crippen LogP contribution in [0.3, 0.4) is 0 Å². The summed E-state index contributed by atoms with van der Waals surface area (Å²) in [5.74, 6) is 0. The molecule has 4 heteroatoms. The second-order valence-corrected chi connectivity index (χ2v) is 2.50. The third-order valence-corrected chi connectivity index (χ3v) is 1.73. The van der Waals surface area contributed by atoms with E-state index >= 15 is 0 Å². The molecule has 0 spiro atoms. The van der Waals surface area contributed by atoms with Crippen molar-refractivity contribution < 1.29 is 19.3 Å². The highest BCUT2D eigenvalue weighted by atomic mass is 19.1. The SMILES string of the molecule is C[C@@H]1O[C@@H](CO)[C@@H](O)C1F. The van der Waals surface area contributed by atoms with Gasteiger partial charge in [-0.25, -0.2) is 4.39 Å². The lowest BCUT2D eigenvalue weighted by molar-refractivity contribution is -0.0171. The maximum absolute atomic E-state index is 12.7. The third-order valence-electron chi connectivity index (χ3n) is 1.73. The van der Waals surface area contributed by atoms with Gasteiger partial charge in [-0.15, -0.1) is 0 Å². The van der Waals surface area contributed by atoms with E-state index in [1.54, 1.807) is 0 Å². The van der Waals surface area contributed by atoms with Crippen molar-refractivity contribution in [2.45, 2.75) is 31.4 Å². The molecule has 1 unspecified atom stereocenters. The van der Waals surface area contributed by atoms with Gasteiger partial charge in [-0.1, -0.05) is 0 Å². The molecule has 1 saturated heterocycles. The van der Waals surface area contributed by atoms with E-state index in [4.69, 9.17) is 14.9 Å². The number of aliphatic hydroxyl groups is 2. The number of rotatable bonds is 1. The van der Waals surface area contributed by atoms with Gasteiger partial charge in [0.25, 0.3) is 0 Å². The van der Waals surface area contributed by atoms with E-state index in [1.807, 2.05) is 0 Å². The molecule has 0 aromatic heterocycles. The molecule has 0 aromatic rings. The number of ether oxygens (including phenoxy) is 1. The van der Waals surface area contributed by atoms with Crippen molar-refractivity contribution in [3.05, 3.63) is 0 Å². The van der Waals surface area contributed by atoms with E-state index in [0.717, 1.165) is 0 Å². The minimum Gasteiger partial charge on any atom is -0.394 e. The van der Waals surface area contributed by atoms with Crippen molar-refractivity contribution in [3.63, 3.8) is 0 Å². The predicted octanol–water partition coefficient (Wildman–Crippen LogP) is -0.535. The summed E-state index contributed by atoms with van der Waals surface area (Å²) in [6.45, 7) is 1.20. The number of hydrogen-bond donors (Lipinski definition) is 2. The van der Waals surface area contributed by atoms with Crippen molar-refractivity contribution in [1.29, 1.82) is 0 Å². The van der Waals surface area contributed by atoms with Crippen molar-refractivity contribution in [1.82, 2.24) is 0 Å². The zero-order chi connectivity index (χ0) is 7.72. The van der Waals surface area contributed by atoms with Gasteiger partial charge in [0, 0.05) is 0 Å². The lowest BCUT2D eigenvalue weighted by Gasteiger charge is -2.09. The Morgan fingerprint density at radius 1 is 1.60 bits per heavy atom. The Morgan fingerprint density at radius 2 is 2.20 bits per heavy atom. The molecule has 1 aliphatic rings. The summed E-state index contributed by atoms with van der Waals surface area (Å²) in [4.78, 5) is 0. The lowest BCUT2D eigenvalue weighted by Crippen LogP contribution is -2.30. The molecule has 0 saturated carbocycles. The van der Waals surface area contributed by atoms with Gasteiger partial charge in [-0.3, -0.25) is 0 Å². The monoisotopic (exact) mass is 150 g/mol. The maximum atomic E-state index is 12.7. The first-order chi connectivity index (χ1) is 4.66. The van der Waals surface area contributed by atoms with Crippen LogP contribution in [0.15, 0.2) is 0 Å². The van der Waals surface area contributed by atoms with Crippen molar-refractivity contribution in [3.8, 4) is 0 Å². The van der Waals surface area contributed by atoms with Crippen LogP contribution in [0.1, 0.15) is 6.92 Å². The minimum absolute atomic E-state index is 0.327. The van der Waals surface area contributed by atoms with Gasteiger partial charge in [-0.05, 0) is 6.92 Å². The Balaban J connectivity index is 2.53. The summed E-state index contributed by atoms with van der Waals surface area (Å²) in [5.41, 5.74) is 0. The molecule has 3 nitrogen and oxygen atoms in total. The molecule has 0 amide bonds. The van der Waals surface area contributed by atoms with Crippen LogP contribution < -0.4 is 0 Å². The molecule has 1 rings (SSSR count). The largest absolute Gasteiger partial charge is 0.394 e. The summed E-state index contributed by atoms with van der Waals surface area (Å²) in [6, 6.07) is 0. The summed E-state index contributed by atoms with van der Waals surface area (Å²) in [7, 11) is 0. The Morgan fingerprint density at radius 3 is 2.40 bits per heavy atom. The Hall–Kier alpha value is -0.190. The zero-order valence-corrected chi connectivity index (χ0v) is 5.70. The quantitative estimate of drug-likeness (QED) is 0.528. The van der Waals surface area contributed by atoms with E-state index in [0.29, 0.717) is 0 Å². The van der Waals surface area contributed by atoms with Crippen LogP contribution in [0.25, 0.3) is 0 Å². The van der Waals surface area contributed by atoms with Gasteiger partial charge in [0.1, 0.15) is 12.2 Å². The van der Waals surface area contributed by atoms with E-state index in [-0.39, 0.29) is 6.61 Å². The predicted molar refractivity (Wildman–Crippen MR) is 32.3 cm³/mol. The summed E-state index contributed by atoms with van der Waals surface area (Å²) >= 11 is 0. The molecule has 60 valence electrons. The normalized spacial score (nSPS) is 48.0. The molecule has 2 N–H and O–H groups in total. The fourth-order valence-electron chi connectivity index (χ4n) is 1.07. The highest BCUT2D eigenvalue weighted by molar-refractivity contribution is 4.88. The van der Waals surface area contributed by atoms with Gasteiger partial charge in [-0.2, -0.15) is 0 Å². The fourth-order valence-corrected chi connectivity index (χ4v) is 1.07. The Labute approximate surface area is 58.4 Å². The average Bonchev–Trinajstić information content (AvgIpc) is 2.17. The average molecular weight is 150 g/mol. The summed E-state index contributed by atoms with van der Waals surface area (Å²) in [6.07, 6.45) is -3.88. The Bertz CT molecular complexity index is 120. The van der Waals surface area contributed by atoms with Crippen molar-refractivity contribution in [2.75, 3.05) is 6.61 Å². The standard InChI is InChI=1S/C6H11FO3/c1-3-5(7)6(9)4(2-8)10-3/h3-6,8-9H,2H2,1H3/t3-,4-,5?,6+/m0/s1. The topological polar surface area (TPSA) is 49.7 Å². The molecule has 0 aromatic carbocycles. The molecule has 10 heavy (non-hydrogen) atoms. The summed E-state index contributed by atoms with van der Waals surface area (Å²) < 4.78 is 17.5. The van der Waals surface area contributed by atoms with Crippen molar-refractivity contribution in [2.24, 2.45) is 0 Å². The van der Waals surface area contributed by atoms with Crippen LogP contribution in [0.5, 0.6) is 0 Å². The smallest absolute Gasteiger partial charge is 0.154 e. The van der Waals surface area contributed by atoms with Crippen LogP contribution in [-0.2, 0) is 4.74 Å². The fraction of sp³-hybridized carbons (Fsp3) is 1.00. The molecule has 0 radical (unpaired) electrons. The molecule has 0 aliphatic carbocycles. The molecule has 1 aliphatic heterocycles. The van der Waals surface area contributed by atoms with E-state index in [2.05, 4.69) is 0 Å². The van der Waals surface area contributed by atoms with E-state index in [9.17, 15) is 4.39 Å². The second-order valence-electron chi connectivity index (χ2n) is 2.50. The first-order valence-corrected chi connectivity index (χ1v) is 3.25. The molecule has 1 heterocycles. The van der Waals surface area contributed by atoms with Crippen molar-refractivity contribution >= 4 is 0 Å². The highest BCUT2D eigenvalue weighted by Crippen LogP contribution is 2.22. The third kappa shape index (κ3) is 1.14. The van der Waals surface area contributed by atoms with Crippen LogP contribution in [-0.4, -0.2) is 41.3 Å². The van der Waals surface area contributed by atoms with Crippen LogP contribution in [0, 0.1) is 0 Å². The van der Waals surface area contributed by atoms with Crippen LogP contribution in [0.4, 0.5) is 4.39 Å². The van der Waals surface area contributed by atoms with Gasteiger partial charge in [0.05, 0.1) is 12.7 Å². The molecule has 0 bridgehead atoms. The minimum atomic E-state index is -1.36. The molecule has 1 fully saturated rings. The number of hydrogen-bond acceptors (Lipinski definition) is 3. The van der Waals surface area contributed by atoms with E-state index in [1.165, 1.54) is 6.92 Å². The summed E-state index contributed by atoms with van der Waals surface area (Å²) in [5, 5.41) is 17.5. The van der Waals surface area contributed by atoms with Gasteiger partial charge in [0.15, 0.2) is 6.17 Å². The first-order valence-electron chi connectivity index (χ1n) is 3.25. The maximum Gasteiger partial charge on any atom is 0.154 e. The van der Waals surface area contributed by atoms with Crippen LogP contribution in [0.2, 0.25) is 0 Å². The highest BCUT2D eigenvalue weighted by Gasteiger charge is 2.40. The van der Waals surface area contributed by atoms with Crippen LogP contribution >= 0.6 is 0 Å². The van der Waals surface area contributed by atoms with E-state index < -0.39 is 24.5 Å². The molecule has 4 atom stereocenters. The van der Waals surface area contributed by atoms with Gasteiger partial charge >= 0.3 is 0 Å². The number of halogens is 1. The number of alkyl halides is 1. The zero-order valence-electron chi connectivity index (χ0n) is 5.70. The Kier molecular flexibility index (Phi) is 2.23. The number of aliphatic hydroxyl groups excluding tert-OH is 2. The molecular weight excluding hydrogens is 139 g/mol. The molecular formula is C6H11FO3. The lowest BCUT2D eigenvalue weighted by atomic mass is 10.1.